The van der Waals surface area contributed by atoms with Crippen LogP contribution in [0.3, 0.4) is 0 Å². The fourth-order valence-electron chi connectivity index (χ4n) is 1.64. The van der Waals surface area contributed by atoms with Gasteiger partial charge in [0.15, 0.2) is 11.9 Å². The molecule has 3 heteroatoms. The normalized spacial score (nSPS) is 19.6. The number of aryl methyl sites for hydroxylation is 1. The highest BCUT2D eigenvalue weighted by Crippen LogP contribution is 2.27. The van der Waals surface area contributed by atoms with E-state index in [1.54, 1.807) is 0 Å². The number of Topliss-reactive ketones (excluding diaryl/α,β-unsaturated/α-hetero) is 1. The van der Waals surface area contributed by atoms with Crippen LogP contribution in [0.4, 0.5) is 0 Å². The van der Waals surface area contributed by atoms with Gasteiger partial charge in [0.05, 0.1) is 5.33 Å². The molecular weight excluding hydrogens is 244 g/mol. The molecule has 74 valence electrons. The zero-order chi connectivity index (χ0) is 9.97. The molecular formula is C11H11BrO2. The second kappa shape index (κ2) is 4.13. The van der Waals surface area contributed by atoms with Crippen molar-refractivity contribution in [1.82, 2.24) is 0 Å². The van der Waals surface area contributed by atoms with Crippen LogP contribution in [0.25, 0.3) is 0 Å². The first-order chi connectivity index (χ1) is 6.81. The fourth-order valence-corrected chi connectivity index (χ4v) is 2.00. The summed E-state index contributed by atoms with van der Waals surface area (Å²) in [5.74, 6) is 0.984. The monoisotopic (exact) mass is 254 g/mol. The summed E-state index contributed by atoms with van der Waals surface area (Å²) in [5.41, 5.74) is 1.20. The number of hydrogen-bond donors (Lipinski definition) is 0. The van der Waals surface area contributed by atoms with Crippen LogP contribution in [0, 0.1) is 0 Å². The Kier molecular flexibility index (Phi) is 2.87. The van der Waals surface area contributed by atoms with Crippen molar-refractivity contribution in [1.29, 1.82) is 0 Å². The molecule has 0 radical (unpaired) electrons. The molecule has 0 aromatic heterocycles. The van der Waals surface area contributed by atoms with Gasteiger partial charge in [0.25, 0.3) is 0 Å². The van der Waals surface area contributed by atoms with Crippen LogP contribution < -0.4 is 4.74 Å². The number of para-hydroxylation sites is 1. The molecule has 1 atom stereocenters. The number of fused-ring (bicyclic) bond motifs is 1. The van der Waals surface area contributed by atoms with Crippen LogP contribution in [0.2, 0.25) is 0 Å². The third-order valence-corrected chi connectivity index (χ3v) is 2.96. The molecule has 0 aliphatic carbocycles. The maximum atomic E-state index is 11.4. The van der Waals surface area contributed by atoms with E-state index in [0.29, 0.717) is 5.33 Å². The third-order valence-electron chi connectivity index (χ3n) is 2.41. The Labute approximate surface area is 91.4 Å². The largest absolute Gasteiger partial charge is 0.482 e. The van der Waals surface area contributed by atoms with E-state index in [1.165, 1.54) is 5.56 Å². The van der Waals surface area contributed by atoms with Gasteiger partial charge in [0.1, 0.15) is 5.75 Å². The first kappa shape index (κ1) is 9.71. The molecule has 1 aliphatic heterocycles. The van der Waals surface area contributed by atoms with Crippen LogP contribution in [0.5, 0.6) is 5.75 Å². The standard InChI is InChI=1S/C11H11BrO2/c12-7-9(13)11-6-5-8-3-1-2-4-10(8)14-11/h1-4,11H,5-7H2/t11-/m1/s1. The molecule has 2 nitrogen and oxygen atoms in total. The van der Waals surface area contributed by atoms with E-state index >= 15 is 0 Å². The average molecular weight is 255 g/mol. The molecule has 0 amide bonds. The molecule has 0 saturated carbocycles. The summed E-state index contributed by atoms with van der Waals surface area (Å²) in [5, 5.41) is 0.375. The van der Waals surface area contributed by atoms with E-state index < -0.39 is 0 Å². The lowest BCUT2D eigenvalue weighted by atomic mass is 10.0. The number of ketones is 1. The molecule has 1 aromatic carbocycles. The van der Waals surface area contributed by atoms with E-state index in [-0.39, 0.29) is 11.9 Å². The molecule has 1 heterocycles. The number of carbonyl (C=O) groups excluding carboxylic acids is 1. The minimum Gasteiger partial charge on any atom is -0.482 e. The highest BCUT2D eigenvalue weighted by atomic mass is 79.9. The van der Waals surface area contributed by atoms with Crippen molar-refractivity contribution < 1.29 is 9.53 Å². The van der Waals surface area contributed by atoms with Gasteiger partial charge < -0.3 is 4.74 Å². The lowest BCUT2D eigenvalue weighted by molar-refractivity contribution is -0.123. The zero-order valence-electron chi connectivity index (χ0n) is 7.70. The van der Waals surface area contributed by atoms with Crippen LogP contribution in [-0.4, -0.2) is 17.2 Å². The second-order valence-electron chi connectivity index (χ2n) is 3.35. The van der Waals surface area contributed by atoms with Gasteiger partial charge >= 0.3 is 0 Å². The number of benzene rings is 1. The van der Waals surface area contributed by atoms with Crippen molar-refractivity contribution in [3.8, 4) is 5.75 Å². The summed E-state index contributed by atoms with van der Waals surface area (Å²) in [6, 6.07) is 7.89. The van der Waals surface area contributed by atoms with Gasteiger partial charge in [-0.15, -0.1) is 0 Å². The number of alkyl halides is 1. The molecule has 1 aliphatic rings. The van der Waals surface area contributed by atoms with Gasteiger partial charge in [-0.1, -0.05) is 34.1 Å². The number of hydrogen-bond acceptors (Lipinski definition) is 2. The first-order valence-corrected chi connectivity index (χ1v) is 5.76. The zero-order valence-corrected chi connectivity index (χ0v) is 9.29. The Morgan fingerprint density at radius 1 is 1.50 bits per heavy atom. The van der Waals surface area contributed by atoms with Crippen molar-refractivity contribution >= 4 is 21.7 Å². The van der Waals surface area contributed by atoms with E-state index in [9.17, 15) is 4.79 Å². The number of rotatable bonds is 2. The molecule has 14 heavy (non-hydrogen) atoms. The van der Waals surface area contributed by atoms with Crippen molar-refractivity contribution in [2.75, 3.05) is 5.33 Å². The highest BCUT2D eigenvalue weighted by Gasteiger charge is 2.24. The summed E-state index contributed by atoms with van der Waals surface area (Å²) in [4.78, 5) is 11.4. The topological polar surface area (TPSA) is 26.3 Å². The van der Waals surface area contributed by atoms with Gasteiger partial charge in [0.2, 0.25) is 0 Å². The van der Waals surface area contributed by atoms with Crippen molar-refractivity contribution in [3.05, 3.63) is 29.8 Å². The highest BCUT2D eigenvalue weighted by molar-refractivity contribution is 9.09. The third kappa shape index (κ3) is 1.82. The molecule has 0 N–H and O–H groups in total. The summed E-state index contributed by atoms with van der Waals surface area (Å²) >= 11 is 3.16. The van der Waals surface area contributed by atoms with E-state index in [4.69, 9.17) is 4.74 Å². The lowest BCUT2D eigenvalue weighted by Gasteiger charge is -2.24. The molecule has 2 rings (SSSR count). The summed E-state index contributed by atoms with van der Waals surface area (Å²) in [6.07, 6.45) is 1.46. The van der Waals surface area contributed by atoms with Crippen molar-refractivity contribution in [3.63, 3.8) is 0 Å². The Morgan fingerprint density at radius 3 is 3.07 bits per heavy atom. The summed E-state index contributed by atoms with van der Waals surface area (Å²) in [7, 11) is 0. The van der Waals surface area contributed by atoms with Crippen LogP contribution >= 0.6 is 15.9 Å². The molecule has 1 aromatic rings. The minimum absolute atomic E-state index is 0.125. The average Bonchev–Trinajstić information content (AvgIpc) is 2.27. The first-order valence-electron chi connectivity index (χ1n) is 4.64. The summed E-state index contributed by atoms with van der Waals surface area (Å²) < 4.78 is 5.61. The van der Waals surface area contributed by atoms with Crippen LogP contribution in [0.1, 0.15) is 12.0 Å². The predicted octanol–water partition coefficient (Wildman–Crippen LogP) is 2.34. The van der Waals surface area contributed by atoms with Crippen molar-refractivity contribution in [2.24, 2.45) is 0 Å². The van der Waals surface area contributed by atoms with Crippen LogP contribution in [-0.2, 0) is 11.2 Å². The lowest BCUT2D eigenvalue weighted by Crippen LogP contribution is -2.31. The predicted molar refractivity (Wildman–Crippen MR) is 58.0 cm³/mol. The van der Waals surface area contributed by atoms with Gasteiger partial charge in [-0.05, 0) is 24.5 Å². The number of carbonyl (C=O) groups is 1. The quantitative estimate of drug-likeness (QED) is 0.758. The van der Waals surface area contributed by atoms with Gasteiger partial charge in [-0.25, -0.2) is 0 Å². The van der Waals surface area contributed by atoms with E-state index in [2.05, 4.69) is 15.9 Å². The number of ether oxygens (including phenoxy) is 1. The van der Waals surface area contributed by atoms with E-state index in [0.717, 1.165) is 18.6 Å². The maximum Gasteiger partial charge on any atom is 0.183 e. The van der Waals surface area contributed by atoms with Crippen LogP contribution in [0.15, 0.2) is 24.3 Å². The Balaban J connectivity index is 2.17. The molecule has 0 spiro atoms. The van der Waals surface area contributed by atoms with Gasteiger partial charge in [0, 0.05) is 0 Å². The fraction of sp³-hybridized carbons (Fsp3) is 0.364. The second-order valence-corrected chi connectivity index (χ2v) is 3.91. The molecule has 0 saturated heterocycles. The van der Waals surface area contributed by atoms with E-state index in [1.807, 2.05) is 24.3 Å². The Bertz CT molecular complexity index is 349. The molecule has 0 bridgehead atoms. The van der Waals surface area contributed by atoms with Gasteiger partial charge in [-0.3, -0.25) is 4.79 Å². The minimum atomic E-state index is -0.260. The molecule has 0 unspecified atom stereocenters. The van der Waals surface area contributed by atoms with Crippen molar-refractivity contribution in [2.45, 2.75) is 18.9 Å². The maximum absolute atomic E-state index is 11.4. The smallest absolute Gasteiger partial charge is 0.183 e. The SMILES string of the molecule is O=C(CBr)[C@H]1CCc2ccccc2O1. The summed E-state index contributed by atoms with van der Waals surface area (Å²) in [6.45, 7) is 0. The number of halogens is 1. The van der Waals surface area contributed by atoms with Gasteiger partial charge in [-0.2, -0.15) is 0 Å². The Hall–Kier alpha value is -0.830. The Morgan fingerprint density at radius 2 is 2.29 bits per heavy atom. The molecule has 0 fully saturated rings.